The fourth-order valence-electron chi connectivity index (χ4n) is 3.85. The number of carbonyl (C=O) groups excluding carboxylic acids is 1. The summed E-state index contributed by atoms with van der Waals surface area (Å²) >= 11 is 0. The van der Waals surface area contributed by atoms with E-state index < -0.39 is 0 Å². The highest BCUT2D eigenvalue weighted by Gasteiger charge is 2.25. The maximum Gasteiger partial charge on any atom is 0.291 e. The maximum absolute atomic E-state index is 12.2. The number of benzene rings is 2. The number of hydrogen-bond acceptors (Lipinski definition) is 4. The molecule has 32 heavy (non-hydrogen) atoms. The van der Waals surface area contributed by atoms with Crippen LogP contribution in [-0.2, 0) is 11.3 Å². The van der Waals surface area contributed by atoms with Crippen molar-refractivity contribution in [1.29, 1.82) is 0 Å². The number of ether oxygens (including phenoxy) is 1. The van der Waals surface area contributed by atoms with Crippen molar-refractivity contribution >= 4 is 17.6 Å². The van der Waals surface area contributed by atoms with Crippen LogP contribution in [0.2, 0.25) is 0 Å². The lowest BCUT2D eigenvalue weighted by Gasteiger charge is -2.35. The zero-order valence-corrected chi connectivity index (χ0v) is 18.4. The van der Waals surface area contributed by atoms with E-state index in [0.717, 1.165) is 24.6 Å². The number of rotatable bonds is 5. The van der Waals surface area contributed by atoms with Crippen LogP contribution in [-0.4, -0.2) is 43.5 Å². The van der Waals surface area contributed by atoms with Crippen molar-refractivity contribution in [3.63, 3.8) is 0 Å². The van der Waals surface area contributed by atoms with Crippen molar-refractivity contribution in [2.75, 3.05) is 32.1 Å². The predicted molar refractivity (Wildman–Crippen MR) is 125 cm³/mol. The molecule has 7 nitrogen and oxygen atoms in total. The first-order valence-corrected chi connectivity index (χ1v) is 10.7. The van der Waals surface area contributed by atoms with Crippen LogP contribution in [0.4, 0.5) is 5.69 Å². The molecule has 1 atom stereocenters. The molecule has 1 amide bonds. The Labute approximate surface area is 188 Å². The molecule has 166 valence electrons. The van der Waals surface area contributed by atoms with Gasteiger partial charge in [-0.3, -0.25) is 9.79 Å². The molecule has 0 aliphatic carbocycles. The number of nitrogens with one attached hydrogen (secondary N) is 2. The highest BCUT2D eigenvalue weighted by atomic mass is 16.5. The summed E-state index contributed by atoms with van der Waals surface area (Å²) in [6, 6.07) is 19.4. The van der Waals surface area contributed by atoms with Gasteiger partial charge in [-0.15, -0.1) is 0 Å². The fraction of sp³-hybridized carbons (Fsp3) is 0.280. The summed E-state index contributed by atoms with van der Waals surface area (Å²) in [7, 11) is 1.79. The normalized spacial score (nSPS) is 16.6. The highest BCUT2D eigenvalue weighted by Crippen LogP contribution is 2.25. The lowest BCUT2D eigenvalue weighted by Crippen LogP contribution is -2.48. The molecule has 0 spiro atoms. The van der Waals surface area contributed by atoms with Crippen LogP contribution in [0.3, 0.4) is 0 Å². The Bertz CT molecular complexity index is 1080. The van der Waals surface area contributed by atoms with Crippen LogP contribution in [0.15, 0.2) is 76.3 Å². The van der Waals surface area contributed by atoms with Crippen molar-refractivity contribution in [1.82, 2.24) is 10.2 Å². The first kappa shape index (κ1) is 21.6. The molecule has 2 heterocycles. The number of aliphatic imine (C=N–C) groups is 1. The van der Waals surface area contributed by atoms with Crippen molar-refractivity contribution in [3.8, 4) is 0 Å². The molecule has 2 N–H and O–H groups in total. The van der Waals surface area contributed by atoms with E-state index in [1.165, 1.54) is 17.4 Å². The van der Waals surface area contributed by atoms with Gasteiger partial charge in [-0.25, -0.2) is 0 Å². The Morgan fingerprint density at radius 1 is 1.16 bits per heavy atom. The smallest absolute Gasteiger partial charge is 0.291 e. The Kier molecular flexibility index (Phi) is 6.87. The molecule has 1 unspecified atom stereocenters. The first-order valence-electron chi connectivity index (χ1n) is 10.7. The van der Waals surface area contributed by atoms with Gasteiger partial charge in [0.05, 0.1) is 19.4 Å². The van der Waals surface area contributed by atoms with Crippen molar-refractivity contribution in [2.45, 2.75) is 19.6 Å². The zero-order valence-electron chi connectivity index (χ0n) is 18.4. The van der Waals surface area contributed by atoms with E-state index in [2.05, 4.69) is 45.6 Å². The van der Waals surface area contributed by atoms with Crippen LogP contribution in [0.5, 0.6) is 0 Å². The third kappa shape index (κ3) is 5.18. The molecule has 3 aromatic rings. The van der Waals surface area contributed by atoms with E-state index in [-0.39, 0.29) is 17.8 Å². The summed E-state index contributed by atoms with van der Waals surface area (Å²) in [6.45, 7) is 4.87. The molecule has 1 fully saturated rings. The number of guanidine groups is 1. The molecular formula is C25H28N4O3. The Hall–Kier alpha value is -3.58. The third-order valence-corrected chi connectivity index (χ3v) is 5.49. The summed E-state index contributed by atoms with van der Waals surface area (Å²) < 4.78 is 11.2. The number of hydrogen-bond donors (Lipinski definition) is 2. The second kappa shape index (κ2) is 10.2. The third-order valence-electron chi connectivity index (χ3n) is 5.49. The number of morpholine rings is 1. The summed E-state index contributed by atoms with van der Waals surface area (Å²) in [5.74, 6) is 0.841. The fourth-order valence-corrected chi connectivity index (χ4v) is 3.85. The number of carbonyl (C=O) groups is 1. The van der Waals surface area contributed by atoms with E-state index in [0.29, 0.717) is 18.8 Å². The van der Waals surface area contributed by atoms with E-state index in [9.17, 15) is 4.79 Å². The first-order chi connectivity index (χ1) is 15.6. The molecule has 1 aromatic heterocycles. The standard InChI is InChI=1S/C25H28N4O3/c1-18-7-3-4-10-21(18)23-17-29(12-14-32-23)25(26-2)27-16-19-8-5-9-20(15-19)28-24(30)22-11-6-13-31-22/h3-11,13,15,23H,12,14,16-17H2,1-2H3,(H,26,27)(H,28,30). The largest absolute Gasteiger partial charge is 0.459 e. The molecule has 0 radical (unpaired) electrons. The van der Waals surface area contributed by atoms with Gasteiger partial charge < -0.3 is 24.7 Å². The minimum absolute atomic E-state index is 0.0173. The predicted octanol–water partition coefficient (Wildman–Crippen LogP) is 3.99. The van der Waals surface area contributed by atoms with Gasteiger partial charge in [-0.1, -0.05) is 36.4 Å². The second-order valence-electron chi connectivity index (χ2n) is 7.69. The molecule has 7 heteroatoms. The number of aryl methyl sites for hydroxylation is 1. The van der Waals surface area contributed by atoms with Gasteiger partial charge in [-0.2, -0.15) is 0 Å². The molecule has 1 aliphatic heterocycles. The molecule has 0 saturated carbocycles. The molecule has 1 saturated heterocycles. The van der Waals surface area contributed by atoms with E-state index in [1.807, 2.05) is 30.3 Å². The van der Waals surface area contributed by atoms with Gasteiger partial charge in [0, 0.05) is 25.8 Å². The SMILES string of the molecule is CN=C(NCc1cccc(NC(=O)c2ccco2)c1)N1CCOC(c2ccccc2C)C1. The van der Waals surface area contributed by atoms with E-state index >= 15 is 0 Å². The van der Waals surface area contributed by atoms with E-state index in [1.54, 1.807) is 19.2 Å². The topological polar surface area (TPSA) is 79.1 Å². The summed E-state index contributed by atoms with van der Waals surface area (Å²) in [4.78, 5) is 18.9. The van der Waals surface area contributed by atoms with Crippen molar-refractivity contribution in [3.05, 3.63) is 89.4 Å². The maximum atomic E-state index is 12.2. The average molecular weight is 433 g/mol. The molecule has 1 aliphatic rings. The summed E-state index contributed by atoms with van der Waals surface area (Å²) in [6.07, 6.45) is 1.50. The van der Waals surface area contributed by atoms with Gasteiger partial charge in [0.1, 0.15) is 6.10 Å². The van der Waals surface area contributed by atoms with Gasteiger partial charge >= 0.3 is 0 Å². The quantitative estimate of drug-likeness (QED) is 0.471. The summed E-state index contributed by atoms with van der Waals surface area (Å²) in [5, 5.41) is 6.30. The number of amides is 1. The highest BCUT2D eigenvalue weighted by molar-refractivity contribution is 6.02. The number of furan rings is 1. The van der Waals surface area contributed by atoms with Crippen LogP contribution < -0.4 is 10.6 Å². The number of nitrogens with zero attached hydrogens (tertiary/aromatic N) is 2. The van der Waals surface area contributed by atoms with E-state index in [4.69, 9.17) is 9.15 Å². The van der Waals surface area contributed by atoms with Crippen molar-refractivity contribution < 1.29 is 13.9 Å². The number of anilines is 1. The van der Waals surface area contributed by atoms with Crippen LogP contribution in [0.1, 0.15) is 33.3 Å². The second-order valence-corrected chi connectivity index (χ2v) is 7.69. The Morgan fingerprint density at radius 3 is 2.81 bits per heavy atom. The molecule has 4 rings (SSSR count). The Morgan fingerprint density at radius 2 is 2.03 bits per heavy atom. The van der Waals surface area contributed by atoms with Gasteiger partial charge in [-0.05, 0) is 47.9 Å². The average Bonchev–Trinajstić information content (AvgIpc) is 3.36. The lowest BCUT2D eigenvalue weighted by atomic mass is 10.0. The minimum Gasteiger partial charge on any atom is -0.459 e. The van der Waals surface area contributed by atoms with Gasteiger partial charge in [0.2, 0.25) is 0 Å². The van der Waals surface area contributed by atoms with Crippen LogP contribution in [0, 0.1) is 6.92 Å². The van der Waals surface area contributed by atoms with Crippen molar-refractivity contribution in [2.24, 2.45) is 4.99 Å². The van der Waals surface area contributed by atoms with Gasteiger partial charge in [0.25, 0.3) is 5.91 Å². The molecule has 2 aromatic carbocycles. The van der Waals surface area contributed by atoms with Gasteiger partial charge in [0.15, 0.2) is 11.7 Å². The minimum atomic E-state index is -0.272. The van der Waals surface area contributed by atoms with Crippen LogP contribution >= 0.6 is 0 Å². The van der Waals surface area contributed by atoms with Crippen LogP contribution in [0.25, 0.3) is 0 Å². The lowest BCUT2D eigenvalue weighted by molar-refractivity contribution is -0.00833. The monoisotopic (exact) mass is 432 g/mol. The Balaban J connectivity index is 1.37. The summed E-state index contributed by atoms with van der Waals surface area (Å²) in [5.41, 5.74) is 4.20. The molecular weight excluding hydrogens is 404 g/mol. The molecule has 0 bridgehead atoms. The zero-order chi connectivity index (χ0) is 22.3.